The second kappa shape index (κ2) is 10.2. The lowest BCUT2D eigenvalue weighted by atomic mass is 9.81. The van der Waals surface area contributed by atoms with Gasteiger partial charge in [-0.3, -0.25) is 0 Å². The zero-order chi connectivity index (χ0) is 26.0. The smallest absolute Gasteiger partial charge is 0.333 e. The highest BCUT2D eigenvalue weighted by Gasteiger charge is 2.29. The summed E-state index contributed by atoms with van der Waals surface area (Å²) >= 11 is 0. The number of aryl methyl sites for hydroxylation is 1. The summed E-state index contributed by atoms with van der Waals surface area (Å²) in [6, 6.07) is 16.8. The molecule has 0 saturated carbocycles. The van der Waals surface area contributed by atoms with Crippen LogP contribution in [0.5, 0.6) is 11.5 Å². The Morgan fingerprint density at radius 1 is 1.00 bits per heavy atom. The lowest BCUT2D eigenvalue weighted by Gasteiger charge is -2.24. The van der Waals surface area contributed by atoms with Crippen molar-refractivity contribution in [2.24, 2.45) is 0 Å². The lowest BCUT2D eigenvalue weighted by Crippen LogP contribution is -2.14. The highest BCUT2D eigenvalue weighted by atomic mass is 19.1. The summed E-state index contributed by atoms with van der Waals surface area (Å²) in [4.78, 5) is 12.0. The molecule has 5 heteroatoms. The van der Waals surface area contributed by atoms with Gasteiger partial charge in [-0.15, -0.1) is 0 Å². The van der Waals surface area contributed by atoms with E-state index in [0.717, 1.165) is 40.8 Å². The zero-order valence-electron chi connectivity index (χ0n) is 21.6. The largest absolute Gasteiger partial charge is 0.497 e. The van der Waals surface area contributed by atoms with E-state index in [1.54, 1.807) is 19.2 Å². The van der Waals surface area contributed by atoms with Gasteiger partial charge in [-0.1, -0.05) is 51.6 Å². The van der Waals surface area contributed by atoms with E-state index in [9.17, 15) is 9.18 Å². The molecule has 1 atom stereocenters. The molecule has 0 aliphatic heterocycles. The topological polar surface area (TPSA) is 44.8 Å². The van der Waals surface area contributed by atoms with Crippen molar-refractivity contribution in [1.29, 1.82) is 0 Å². The average molecular weight is 489 g/mol. The summed E-state index contributed by atoms with van der Waals surface area (Å²) in [7, 11) is 2.96. The van der Waals surface area contributed by atoms with Crippen LogP contribution in [0, 0.1) is 5.82 Å². The Morgan fingerprint density at radius 2 is 1.75 bits per heavy atom. The average Bonchev–Trinajstić information content (AvgIpc) is 3.29. The molecule has 188 valence electrons. The minimum atomic E-state index is -0.374. The van der Waals surface area contributed by atoms with Crippen molar-refractivity contribution in [1.82, 2.24) is 0 Å². The first-order valence-corrected chi connectivity index (χ1v) is 12.1. The van der Waals surface area contributed by atoms with Crippen LogP contribution < -0.4 is 9.47 Å². The zero-order valence-corrected chi connectivity index (χ0v) is 21.6. The number of hydrogen-bond acceptors (Lipinski definition) is 4. The van der Waals surface area contributed by atoms with Crippen LogP contribution in [0.1, 0.15) is 55.4 Å². The molecule has 0 heterocycles. The molecule has 0 bridgehead atoms. The third-order valence-corrected chi connectivity index (χ3v) is 6.82. The Morgan fingerprint density at radius 3 is 2.44 bits per heavy atom. The van der Waals surface area contributed by atoms with Crippen LogP contribution in [0.25, 0.3) is 11.1 Å². The summed E-state index contributed by atoms with van der Waals surface area (Å²) in [6.07, 6.45) is 1.73. The Bertz CT molecular complexity index is 1300. The third kappa shape index (κ3) is 5.15. The number of methoxy groups -OCH3 is 2. The monoisotopic (exact) mass is 488 g/mol. The number of hydrogen-bond donors (Lipinski definition) is 0. The second-order valence-electron chi connectivity index (χ2n) is 10.2. The SMILES string of the molecule is C=C(C(=O)OC)[C@@H]1CCc2ccc(OCc3ccc(-c4cc(OC)ccc4F)c(C(C)(C)C)c3)cc21. The fourth-order valence-electron chi connectivity index (χ4n) is 4.85. The number of carbonyl (C=O) groups is 1. The molecule has 4 nitrogen and oxygen atoms in total. The Labute approximate surface area is 212 Å². The number of halogens is 1. The summed E-state index contributed by atoms with van der Waals surface area (Å²) in [6.45, 7) is 10.7. The molecule has 0 aromatic heterocycles. The minimum Gasteiger partial charge on any atom is -0.497 e. The Hall–Kier alpha value is -3.60. The van der Waals surface area contributed by atoms with Gasteiger partial charge in [0.1, 0.15) is 23.9 Å². The fourth-order valence-corrected chi connectivity index (χ4v) is 4.85. The molecule has 0 unspecified atom stereocenters. The van der Waals surface area contributed by atoms with Gasteiger partial charge in [-0.2, -0.15) is 0 Å². The van der Waals surface area contributed by atoms with E-state index in [-0.39, 0.29) is 23.1 Å². The molecule has 0 amide bonds. The first-order valence-electron chi connectivity index (χ1n) is 12.1. The van der Waals surface area contributed by atoms with Crippen molar-refractivity contribution in [3.05, 3.63) is 94.8 Å². The molecule has 1 aliphatic rings. The quantitative estimate of drug-likeness (QED) is 0.262. The van der Waals surface area contributed by atoms with Crippen LogP contribution >= 0.6 is 0 Å². The van der Waals surface area contributed by atoms with E-state index in [1.165, 1.54) is 18.7 Å². The van der Waals surface area contributed by atoms with Crippen LogP contribution in [-0.4, -0.2) is 20.2 Å². The van der Waals surface area contributed by atoms with E-state index in [0.29, 0.717) is 23.5 Å². The Balaban J connectivity index is 1.59. The molecule has 3 aromatic rings. The molecule has 3 aromatic carbocycles. The highest BCUT2D eigenvalue weighted by Crippen LogP contribution is 2.40. The lowest BCUT2D eigenvalue weighted by molar-refractivity contribution is -0.136. The maximum absolute atomic E-state index is 14.8. The van der Waals surface area contributed by atoms with Gasteiger partial charge in [0.05, 0.1) is 14.2 Å². The second-order valence-corrected chi connectivity index (χ2v) is 10.2. The van der Waals surface area contributed by atoms with Gasteiger partial charge >= 0.3 is 5.97 Å². The number of ether oxygens (including phenoxy) is 3. The third-order valence-electron chi connectivity index (χ3n) is 6.82. The maximum Gasteiger partial charge on any atom is 0.333 e. The van der Waals surface area contributed by atoms with Gasteiger partial charge in [0.25, 0.3) is 0 Å². The predicted molar refractivity (Wildman–Crippen MR) is 140 cm³/mol. The minimum absolute atomic E-state index is 0.0551. The number of benzene rings is 3. The number of carbonyl (C=O) groups excluding carboxylic acids is 1. The summed E-state index contributed by atoms with van der Waals surface area (Å²) in [5, 5.41) is 0. The van der Waals surface area contributed by atoms with Crippen LogP contribution in [0.2, 0.25) is 0 Å². The normalized spacial score (nSPS) is 14.8. The molecule has 1 aliphatic carbocycles. The van der Waals surface area contributed by atoms with Crippen molar-refractivity contribution in [2.45, 2.75) is 51.6 Å². The molecular formula is C31H33FO4. The maximum atomic E-state index is 14.8. The Kier molecular flexibility index (Phi) is 7.21. The van der Waals surface area contributed by atoms with E-state index >= 15 is 0 Å². The molecular weight excluding hydrogens is 455 g/mol. The van der Waals surface area contributed by atoms with Crippen LogP contribution in [-0.2, 0) is 28.0 Å². The molecule has 0 N–H and O–H groups in total. The van der Waals surface area contributed by atoms with Gasteiger partial charge in [0, 0.05) is 17.1 Å². The van der Waals surface area contributed by atoms with Crippen molar-refractivity contribution >= 4 is 5.97 Å². The van der Waals surface area contributed by atoms with Crippen molar-refractivity contribution in [2.75, 3.05) is 14.2 Å². The van der Waals surface area contributed by atoms with Gasteiger partial charge < -0.3 is 14.2 Å². The molecule has 0 radical (unpaired) electrons. The number of esters is 1. The van der Waals surface area contributed by atoms with Gasteiger partial charge in [-0.05, 0) is 76.4 Å². The highest BCUT2D eigenvalue weighted by molar-refractivity contribution is 5.89. The number of rotatable bonds is 7. The summed E-state index contributed by atoms with van der Waals surface area (Å²) in [5.74, 6) is 0.635. The van der Waals surface area contributed by atoms with Crippen LogP contribution in [0.4, 0.5) is 4.39 Å². The van der Waals surface area contributed by atoms with Crippen molar-refractivity contribution in [3.8, 4) is 22.6 Å². The molecule has 0 spiro atoms. The first-order chi connectivity index (χ1) is 17.1. The van der Waals surface area contributed by atoms with Crippen LogP contribution in [0.3, 0.4) is 0 Å². The molecule has 0 fully saturated rings. The number of fused-ring (bicyclic) bond motifs is 1. The van der Waals surface area contributed by atoms with Crippen molar-refractivity contribution in [3.63, 3.8) is 0 Å². The van der Waals surface area contributed by atoms with E-state index in [4.69, 9.17) is 14.2 Å². The van der Waals surface area contributed by atoms with Gasteiger partial charge in [-0.25, -0.2) is 9.18 Å². The molecule has 36 heavy (non-hydrogen) atoms. The van der Waals surface area contributed by atoms with Crippen molar-refractivity contribution < 1.29 is 23.4 Å². The van der Waals surface area contributed by atoms with E-state index in [2.05, 4.69) is 39.5 Å². The first kappa shape index (κ1) is 25.5. The van der Waals surface area contributed by atoms with Gasteiger partial charge in [0.15, 0.2) is 0 Å². The van der Waals surface area contributed by atoms with E-state index < -0.39 is 0 Å². The standard InChI is InChI=1S/C31H33FO4/c1-19(30(33)35-6)24-13-9-21-8-10-23(17-26(21)24)36-18-20-7-12-25(28(15-20)31(2,3)4)27-16-22(34-5)11-14-29(27)32/h7-8,10-12,14-17,24H,1,9,13,18H2,2-6H3/t24-/m0/s1. The summed E-state index contributed by atoms with van der Waals surface area (Å²) in [5.41, 5.74) is 5.91. The predicted octanol–water partition coefficient (Wildman–Crippen LogP) is 7.14. The molecule has 4 rings (SSSR count). The fraction of sp³-hybridized carbons (Fsp3) is 0.323. The summed E-state index contributed by atoms with van der Waals surface area (Å²) < 4.78 is 31.1. The van der Waals surface area contributed by atoms with E-state index in [1.807, 2.05) is 24.3 Å². The van der Waals surface area contributed by atoms with Gasteiger partial charge in [0.2, 0.25) is 0 Å². The molecule has 0 saturated heterocycles. The van der Waals surface area contributed by atoms with Crippen LogP contribution in [0.15, 0.2) is 66.7 Å².